The molecule has 1 aromatic carbocycles. The van der Waals surface area contributed by atoms with Crippen molar-refractivity contribution >= 4 is 52.4 Å². The molecule has 0 spiro atoms. The van der Waals surface area contributed by atoms with Crippen molar-refractivity contribution in [3.63, 3.8) is 0 Å². The lowest BCUT2D eigenvalue weighted by atomic mass is 9.71. The Bertz CT molecular complexity index is 829. The molecule has 1 aromatic rings. The highest BCUT2D eigenvalue weighted by atomic mass is 35.5. The average Bonchev–Trinajstić information content (AvgIpc) is 2.63. The maximum Gasteiger partial charge on any atom is 0.309 e. The Kier molecular flexibility index (Phi) is 5.62. The number of hydrogen-bond donors (Lipinski definition) is 2. The largest absolute Gasteiger partial charge is 0.481 e. The second-order valence-corrected chi connectivity index (χ2v) is 7.67. The van der Waals surface area contributed by atoms with E-state index in [1.165, 1.54) is 11.0 Å². The maximum atomic E-state index is 12.9. The van der Waals surface area contributed by atoms with Gasteiger partial charge in [-0.3, -0.25) is 24.6 Å². The molecule has 142 valence electrons. The average molecular weight is 407 g/mol. The molecule has 1 heterocycles. The predicted molar refractivity (Wildman–Crippen MR) is 106 cm³/mol. The summed E-state index contributed by atoms with van der Waals surface area (Å²) in [6, 6.07) is 6.49. The molecule has 2 N–H and O–H groups in total. The van der Waals surface area contributed by atoms with Crippen LogP contribution in [0.1, 0.15) is 38.5 Å². The number of aliphatic carboxylic acids is 1. The minimum atomic E-state index is -0.922. The molecule has 2 aliphatic rings. The van der Waals surface area contributed by atoms with Crippen molar-refractivity contribution in [2.24, 2.45) is 5.41 Å². The molecule has 6 nitrogen and oxygen atoms in total. The number of benzene rings is 1. The van der Waals surface area contributed by atoms with Gasteiger partial charge in [0, 0.05) is 5.02 Å². The summed E-state index contributed by atoms with van der Waals surface area (Å²) in [5.74, 6) is -2.05. The lowest BCUT2D eigenvalue weighted by molar-refractivity contribution is -0.151. The molecule has 0 radical (unpaired) electrons. The number of halogens is 1. The summed E-state index contributed by atoms with van der Waals surface area (Å²) in [4.78, 5) is 38.3. The number of rotatable bonds is 4. The van der Waals surface area contributed by atoms with Gasteiger partial charge in [0.15, 0.2) is 5.11 Å². The molecule has 0 unspecified atom stereocenters. The van der Waals surface area contributed by atoms with Gasteiger partial charge in [0.05, 0.1) is 11.1 Å². The summed E-state index contributed by atoms with van der Waals surface area (Å²) >= 11 is 11.0. The van der Waals surface area contributed by atoms with E-state index < -0.39 is 23.2 Å². The first-order chi connectivity index (χ1) is 12.8. The number of nitrogens with zero attached hydrogens (tertiary/aromatic N) is 1. The zero-order chi connectivity index (χ0) is 19.6. The van der Waals surface area contributed by atoms with E-state index in [1.807, 2.05) is 0 Å². The Morgan fingerprint density at radius 3 is 2.44 bits per heavy atom. The van der Waals surface area contributed by atoms with Crippen LogP contribution in [0.15, 0.2) is 35.9 Å². The maximum absolute atomic E-state index is 12.9. The van der Waals surface area contributed by atoms with E-state index in [0.29, 0.717) is 23.6 Å². The normalized spacial score (nSPS) is 21.3. The van der Waals surface area contributed by atoms with E-state index in [1.54, 1.807) is 24.3 Å². The van der Waals surface area contributed by atoms with Gasteiger partial charge in [-0.2, -0.15) is 0 Å². The van der Waals surface area contributed by atoms with Gasteiger partial charge < -0.3 is 5.11 Å². The van der Waals surface area contributed by atoms with Gasteiger partial charge in [-0.15, -0.1) is 0 Å². The molecule has 3 rings (SSSR count). The van der Waals surface area contributed by atoms with Crippen LogP contribution >= 0.6 is 23.8 Å². The topological polar surface area (TPSA) is 86.7 Å². The SMILES string of the molecule is O=C1NC(=S)N(c2ccc(Cl)cc2)C(=O)/C1=C/CC1(C(=O)O)CCCCC1. The monoisotopic (exact) mass is 406 g/mol. The quantitative estimate of drug-likeness (QED) is 0.454. The number of hydrogen-bond acceptors (Lipinski definition) is 4. The molecule has 0 aromatic heterocycles. The minimum Gasteiger partial charge on any atom is -0.481 e. The summed E-state index contributed by atoms with van der Waals surface area (Å²) in [5, 5.41) is 12.7. The van der Waals surface area contributed by atoms with Gasteiger partial charge in [0.1, 0.15) is 5.57 Å². The second-order valence-electron chi connectivity index (χ2n) is 6.84. The van der Waals surface area contributed by atoms with Gasteiger partial charge in [-0.1, -0.05) is 36.9 Å². The fraction of sp³-hybridized carbons (Fsp3) is 0.368. The zero-order valence-corrected chi connectivity index (χ0v) is 16.1. The number of carboxylic acid groups (broad SMARTS) is 1. The molecule has 1 aliphatic carbocycles. The van der Waals surface area contributed by atoms with Crippen LogP contribution in [0.5, 0.6) is 0 Å². The highest BCUT2D eigenvalue weighted by Gasteiger charge is 2.40. The summed E-state index contributed by atoms with van der Waals surface area (Å²) in [6.45, 7) is 0. The van der Waals surface area contributed by atoms with Crippen LogP contribution in [0.25, 0.3) is 0 Å². The van der Waals surface area contributed by atoms with Gasteiger partial charge in [0.2, 0.25) is 0 Å². The third-order valence-corrected chi connectivity index (χ3v) is 5.68. The standard InChI is InChI=1S/C19H19ClN2O4S/c20-12-4-6-13(7-5-12)22-16(24)14(15(23)21-18(22)27)8-11-19(17(25)26)9-2-1-3-10-19/h4-8H,1-3,9-11H2,(H,25,26)(H,21,23,27)/b14-8+. The van der Waals surface area contributed by atoms with E-state index in [4.69, 9.17) is 23.8 Å². The van der Waals surface area contributed by atoms with Gasteiger partial charge in [-0.05, 0) is 55.7 Å². The van der Waals surface area contributed by atoms with Crippen molar-refractivity contribution in [1.29, 1.82) is 0 Å². The van der Waals surface area contributed by atoms with Crippen LogP contribution in [-0.4, -0.2) is 28.0 Å². The molecular formula is C19H19ClN2O4S. The van der Waals surface area contributed by atoms with Gasteiger partial charge in [0.25, 0.3) is 11.8 Å². The van der Waals surface area contributed by atoms with Crippen molar-refractivity contribution in [3.8, 4) is 0 Å². The first kappa shape index (κ1) is 19.5. The third kappa shape index (κ3) is 3.89. The lowest BCUT2D eigenvalue weighted by Gasteiger charge is -2.33. The van der Waals surface area contributed by atoms with Crippen molar-refractivity contribution in [2.45, 2.75) is 38.5 Å². The van der Waals surface area contributed by atoms with E-state index >= 15 is 0 Å². The molecule has 1 saturated heterocycles. The molecule has 8 heteroatoms. The number of allylic oxidation sites excluding steroid dienone is 1. The predicted octanol–water partition coefficient (Wildman–Crippen LogP) is 3.44. The van der Waals surface area contributed by atoms with Crippen molar-refractivity contribution in [3.05, 3.63) is 40.9 Å². The summed E-state index contributed by atoms with van der Waals surface area (Å²) in [7, 11) is 0. The lowest BCUT2D eigenvalue weighted by Crippen LogP contribution is -2.54. The van der Waals surface area contributed by atoms with Crippen LogP contribution in [0.4, 0.5) is 5.69 Å². The number of carboxylic acids is 1. The van der Waals surface area contributed by atoms with Crippen LogP contribution in [0.2, 0.25) is 5.02 Å². The molecule has 27 heavy (non-hydrogen) atoms. The first-order valence-electron chi connectivity index (χ1n) is 8.73. The number of carbonyl (C=O) groups excluding carboxylic acids is 2. The molecule has 2 fully saturated rings. The van der Waals surface area contributed by atoms with Crippen LogP contribution < -0.4 is 10.2 Å². The fourth-order valence-electron chi connectivity index (χ4n) is 3.57. The van der Waals surface area contributed by atoms with E-state index in [9.17, 15) is 19.5 Å². The Balaban J connectivity index is 1.89. The van der Waals surface area contributed by atoms with E-state index in [0.717, 1.165) is 19.3 Å². The van der Waals surface area contributed by atoms with Crippen molar-refractivity contribution in [1.82, 2.24) is 5.32 Å². The Morgan fingerprint density at radius 2 is 1.85 bits per heavy atom. The molecule has 1 saturated carbocycles. The fourth-order valence-corrected chi connectivity index (χ4v) is 3.97. The molecular weight excluding hydrogens is 388 g/mol. The molecule has 1 aliphatic heterocycles. The second kappa shape index (κ2) is 7.78. The van der Waals surface area contributed by atoms with Crippen LogP contribution in [0.3, 0.4) is 0 Å². The first-order valence-corrected chi connectivity index (χ1v) is 9.52. The number of thiocarbonyl (C=S) groups is 1. The highest BCUT2D eigenvalue weighted by Crippen LogP contribution is 2.40. The van der Waals surface area contributed by atoms with Crippen LogP contribution in [-0.2, 0) is 14.4 Å². The van der Waals surface area contributed by atoms with Crippen molar-refractivity contribution in [2.75, 3.05) is 4.90 Å². The number of nitrogens with one attached hydrogen (secondary N) is 1. The van der Waals surface area contributed by atoms with Crippen molar-refractivity contribution < 1.29 is 19.5 Å². The van der Waals surface area contributed by atoms with Gasteiger partial charge in [-0.25, -0.2) is 0 Å². The third-order valence-electron chi connectivity index (χ3n) is 5.15. The molecule has 0 bridgehead atoms. The smallest absolute Gasteiger partial charge is 0.309 e. The summed E-state index contributed by atoms with van der Waals surface area (Å²) < 4.78 is 0. The van der Waals surface area contributed by atoms with E-state index in [-0.39, 0.29) is 17.1 Å². The van der Waals surface area contributed by atoms with Gasteiger partial charge >= 0.3 is 5.97 Å². The summed E-state index contributed by atoms with van der Waals surface area (Å²) in [6.07, 6.45) is 5.33. The Labute approximate surface area is 167 Å². The zero-order valence-electron chi connectivity index (χ0n) is 14.5. The summed E-state index contributed by atoms with van der Waals surface area (Å²) in [5.41, 5.74) is -0.537. The van der Waals surface area contributed by atoms with E-state index in [2.05, 4.69) is 5.32 Å². The molecule has 2 amide bonds. The minimum absolute atomic E-state index is 0.0184. The molecule has 0 atom stereocenters. The Hall–Kier alpha value is -2.25. The Morgan fingerprint density at radius 1 is 1.22 bits per heavy atom. The number of anilines is 1. The number of amides is 2. The van der Waals surface area contributed by atoms with Crippen LogP contribution in [0, 0.1) is 5.41 Å². The highest BCUT2D eigenvalue weighted by molar-refractivity contribution is 7.80. The number of carbonyl (C=O) groups is 3.